The van der Waals surface area contributed by atoms with Gasteiger partial charge in [-0.15, -0.1) is 0 Å². The fourth-order valence-electron chi connectivity index (χ4n) is 9.91. The Hall–Kier alpha value is -5.45. The predicted octanol–water partition coefficient (Wildman–Crippen LogP) is 4.63. The molecule has 1 saturated carbocycles. The van der Waals surface area contributed by atoms with Crippen LogP contribution in [0.5, 0.6) is 5.75 Å². The molecule has 1 unspecified atom stereocenters. The molecule has 3 saturated heterocycles. The monoisotopic (exact) mass is 791 g/mol. The molecular weight excluding hydrogens is 746 g/mol. The van der Waals surface area contributed by atoms with Gasteiger partial charge >= 0.3 is 0 Å². The van der Waals surface area contributed by atoms with E-state index in [0.717, 1.165) is 62.0 Å². The van der Waals surface area contributed by atoms with E-state index in [2.05, 4.69) is 59.1 Å². The molecule has 5 aliphatic rings. The maximum Gasteiger partial charge on any atom is 0.262 e. The average molecular weight is 792 g/mol. The largest absolute Gasteiger partial charge is 0.489 e. The Morgan fingerprint density at radius 2 is 1.53 bits per heavy atom. The van der Waals surface area contributed by atoms with Crippen molar-refractivity contribution in [1.82, 2.24) is 20.4 Å². The Bertz CT molecular complexity index is 2190. The van der Waals surface area contributed by atoms with E-state index in [0.29, 0.717) is 33.5 Å². The van der Waals surface area contributed by atoms with Gasteiger partial charge in [-0.3, -0.25) is 39.1 Å². The molecule has 3 aromatic carbocycles. The maximum absolute atomic E-state index is 13.5. The third-order valence-corrected chi connectivity index (χ3v) is 13.0. The van der Waals surface area contributed by atoms with Crippen molar-refractivity contribution in [3.8, 4) is 11.8 Å². The first-order chi connectivity index (χ1) is 27.2. The molecule has 8 rings (SSSR count). The van der Waals surface area contributed by atoms with E-state index < -0.39 is 29.7 Å². The first kappa shape index (κ1) is 38.4. The molecule has 3 aromatic rings. The number of amides is 5. The number of piperidine rings is 1. The normalized spacial score (nSPS) is 25.4. The number of rotatable bonds is 8. The van der Waals surface area contributed by atoms with Crippen LogP contribution >= 0.6 is 11.6 Å². The van der Waals surface area contributed by atoms with Crippen molar-refractivity contribution < 1.29 is 28.7 Å². The quantitative estimate of drug-likeness (QED) is 0.309. The van der Waals surface area contributed by atoms with Crippen LogP contribution in [0.3, 0.4) is 0 Å². The third-order valence-electron chi connectivity index (χ3n) is 12.7. The van der Waals surface area contributed by atoms with Crippen LogP contribution in [0.2, 0.25) is 5.02 Å². The van der Waals surface area contributed by atoms with Crippen LogP contribution in [0.25, 0.3) is 0 Å². The zero-order chi connectivity index (χ0) is 40.4. The molecule has 4 aliphatic heterocycles. The standard InChI is InChI=1S/C43H46ClN7O6/c1-42(2)40(43(3,4)41(42)57-30-11-7-26(23-45)33(44)22-30)47-36(53)25-5-8-27(9-6-25)50-16-15-29(24-50)49-19-17-48(18-20-49)28-10-12-31-32(21-28)39(56)51(38(31)55)34-13-14-35(52)46-37(34)54/h5-12,21-22,29,34,40-41H,13-20,24H2,1-4H3,(H,47,53)(H,46,52,54)/t29-,34?,40?,41?/m1/s1. The second kappa shape index (κ2) is 14.5. The minimum Gasteiger partial charge on any atom is -0.489 e. The van der Waals surface area contributed by atoms with E-state index in [1.807, 2.05) is 30.3 Å². The average Bonchev–Trinajstić information content (AvgIpc) is 3.78. The number of nitrogens with zero attached hydrogens (tertiary/aromatic N) is 5. The number of fused-ring (bicyclic) bond motifs is 1. The van der Waals surface area contributed by atoms with Crippen molar-refractivity contribution in [3.05, 3.63) is 87.9 Å². The Labute approximate surface area is 336 Å². The van der Waals surface area contributed by atoms with Gasteiger partial charge in [0, 0.05) is 91.6 Å². The molecule has 4 fully saturated rings. The zero-order valence-electron chi connectivity index (χ0n) is 32.5. The Morgan fingerprint density at radius 3 is 2.19 bits per heavy atom. The molecule has 0 radical (unpaired) electrons. The highest BCUT2D eigenvalue weighted by Crippen LogP contribution is 2.55. The van der Waals surface area contributed by atoms with Crippen molar-refractivity contribution in [3.63, 3.8) is 0 Å². The van der Waals surface area contributed by atoms with E-state index in [1.54, 1.807) is 30.3 Å². The molecule has 0 aromatic heterocycles. The summed E-state index contributed by atoms with van der Waals surface area (Å²) in [5.74, 6) is -1.55. The lowest BCUT2D eigenvalue weighted by atomic mass is 9.49. The minimum atomic E-state index is -0.984. The van der Waals surface area contributed by atoms with Crippen molar-refractivity contribution in [1.29, 1.82) is 5.26 Å². The van der Waals surface area contributed by atoms with Crippen LogP contribution in [0.15, 0.2) is 60.7 Å². The molecule has 57 heavy (non-hydrogen) atoms. The molecule has 5 amide bonds. The van der Waals surface area contributed by atoms with Crippen LogP contribution < -0.4 is 25.2 Å². The van der Waals surface area contributed by atoms with E-state index in [4.69, 9.17) is 16.3 Å². The summed E-state index contributed by atoms with van der Waals surface area (Å²) in [6.07, 6.45) is 1.05. The summed E-state index contributed by atoms with van der Waals surface area (Å²) in [5.41, 5.74) is 2.78. The minimum absolute atomic E-state index is 0.0836. The SMILES string of the molecule is CC1(C)C(NC(=O)c2ccc(N3CC[C@@H](N4CCN(c5ccc6c(c5)C(=O)N(C5CCC(=O)NC5=O)C6=O)CC4)C3)cc2)C(C)(C)C1Oc1ccc(C#N)c(Cl)c1. The van der Waals surface area contributed by atoms with Crippen LogP contribution in [0.4, 0.5) is 11.4 Å². The number of anilines is 2. The highest BCUT2D eigenvalue weighted by molar-refractivity contribution is 6.31. The fraction of sp³-hybridized carbons (Fsp3) is 0.442. The summed E-state index contributed by atoms with van der Waals surface area (Å²) in [5, 5.41) is 15.1. The smallest absolute Gasteiger partial charge is 0.262 e. The number of carbonyl (C=O) groups excluding carboxylic acids is 5. The fourth-order valence-corrected chi connectivity index (χ4v) is 10.1. The van der Waals surface area contributed by atoms with Crippen molar-refractivity contribution in [2.24, 2.45) is 10.8 Å². The van der Waals surface area contributed by atoms with Crippen molar-refractivity contribution in [2.75, 3.05) is 49.1 Å². The molecular formula is C43H46ClN7O6. The van der Waals surface area contributed by atoms with Gasteiger partial charge in [-0.05, 0) is 67.4 Å². The summed E-state index contributed by atoms with van der Waals surface area (Å²) < 4.78 is 6.38. The number of benzene rings is 3. The first-order valence-electron chi connectivity index (χ1n) is 19.5. The summed E-state index contributed by atoms with van der Waals surface area (Å²) in [6.45, 7) is 13.4. The summed E-state index contributed by atoms with van der Waals surface area (Å²) in [7, 11) is 0. The van der Waals surface area contributed by atoms with E-state index in [-0.39, 0.29) is 47.3 Å². The molecule has 13 nitrogen and oxygen atoms in total. The van der Waals surface area contributed by atoms with Gasteiger partial charge in [0.15, 0.2) is 0 Å². The van der Waals surface area contributed by atoms with Gasteiger partial charge < -0.3 is 19.9 Å². The molecule has 1 aliphatic carbocycles. The number of nitrogens with one attached hydrogen (secondary N) is 2. The summed E-state index contributed by atoms with van der Waals surface area (Å²) >= 11 is 6.25. The molecule has 14 heteroatoms. The number of nitriles is 1. The van der Waals surface area contributed by atoms with Gasteiger partial charge in [-0.2, -0.15) is 5.26 Å². The molecule has 0 spiro atoms. The third kappa shape index (κ3) is 6.78. The van der Waals surface area contributed by atoms with E-state index in [1.165, 1.54) is 0 Å². The maximum atomic E-state index is 13.5. The van der Waals surface area contributed by atoms with Gasteiger partial charge in [0.2, 0.25) is 11.8 Å². The van der Waals surface area contributed by atoms with Gasteiger partial charge in [-0.25, -0.2) is 0 Å². The second-order valence-corrected chi connectivity index (χ2v) is 17.3. The Kier molecular flexibility index (Phi) is 9.77. The van der Waals surface area contributed by atoms with Crippen molar-refractivity contribution >= 4 is 52.5 Å². The Balaban J connectivity index is 0.832. The first-order valence-corrected chi connectivity index (χ1v) is 19.9. The van der Waals surface area contributed by atoms with Crippen LogP contribution in [-0.4, -0.2) is 103 Å². The van der Waals surface area contributed by atoms with Crippen LogP contribution in [0.1, 0.15) is 83.6 Å². The number of carbonyl (C=O) groups is 5. The Morgan fingerprint density at radius 1 is 0.842 bits per heavy atom. The molecule has 0 bridgehead atoms. The number of hydrogen-bond acceptors (Lipinski definition) is 10. The number of hydrogen-bond donors (Lipinski definition) is 2. The highest BCUT2D eigenvalue weighted by atomic mass is 35.5. The molecule has 296 valence electrons. The lowest BCUT2D eigenvalue weighted by Gasteiger charge is -2.63. The summed E-state index contributed by atoms with van der Waals surface area (Å²) in [6, 6.07) is 19.5. The lowest BCUT2D eigenvalue weighted by molar-refractivity contribution is -0.164. The number of imide groups is 2. The van der Waals surface area contributed by atoms with Gasteiger partial charge in [0.05, 0.1) is 21.7 Å². The number of halogens is 1. The second-order valence-electron chi connectivity index (χ2n) is 16.9. The molecule has 2 N–H and O–H groups in total. The topological polar surface area (TPSA) is 155 Å². The van der Waals surface area contributed by atoms with Crippen LogP contribution in [0, 0.1) is 22.2 Å². The molecule has 2 atom stereocenters. The van der Waals surface area contributed by atoms with E-state index >= 15 is 0 Å². The predicted molar refractivity (Wildman–Crippen MR) is 213 cm³/mol. The van der Waals surface area contributed by atoms with Gasteiger partial charge in [0.1, 0.15) is 24.0 Å². The zero-order valence-corrected chi connectivity index (χ0v) is 33.3. The van der Waals surface area contributed by atoms with Crippen LogP contribution in [-0.2, 0) is 9.59 Å². The molecule has 4 heterocycles. The van der Waals surface area contributed by atoms with Gasteiger partial charge in [-0.1, -0.05) is 39.3 Å². The summed E-state index contributed by atoms with van der Waals surface area (Å²) in [4.78, 5) is 72.2. The van der Waals surface area contributed by atoms with Gasteiger partial charge in [0.25, 0.3) is 17.7 Å². The van der Waals surface area contributed by atoms with E-state index in [9.17, 15) is 29.2 Å². The number of piperazine rings is 1. The lowest BCUT2D eigenvalue weighted by Crippen LogP contribution is -2.74. The highest BCUT2D eigenvalue weighted by Gasteiger charge is 2.64. The number of ether oxygens (including phenoxy) is 1. The van der Waals surface area contributed by atoms with Crippen molar-refractivity contribution in [2.45, 2.75) is 71.2 Å².